The zero-order valence-electron chi connectivity index (χ0n) is 11.2. The fourth-order valence-electron chi connectivity index (χ4n) is 1.51. The second-order valence-corrected chi connectivity index (χ2v) is 4.65. The minimum atomic E-state index is -0.754. The van der Waals surface area contributed by atoms with Crippen molar-refractivity contribution in [3.05, 3.63) is 12.2 Å². The standard InChI is InChI=1S/C13H25NO3/c1-11(2)10-14(8-6-13(15)16)7-5-9-17-12(3)4/h12H,1,5-10H2,2-4H3,(H,15,16). The third-order valence-electron chi connectivity index (χ3n) is 2.21. The zero-order valence-corrected chi connectivity index (χ0v) is 11.2. The Balaban J connectivity index is 3.84. The van der Waals surface area contributed by atoms with Crippen LogP contribution in [0.25, 0.3) is 0 Å². The van der Waals surface area contributed by atoms with Gasteiger partial charge in [-0.3, -0.25) is 9.69 Å². The van der Waals surface area contributed by atoms with Crippen LogP contribution in [0, 0.1) is 0 Å². The fraction of sp³-hybridized carbons (Fsp3) is 0.769. The molecule has 0 saturated carbocycles. The number of nitrogens with zero attached hydrogens (tertiary/aromatic N) is 1. The first-order chi connectivity index (χ1) is 7.91. The Morgan fingerprint density at radius 3 is 2.53 bits per heavy atom. The van der Waals surface area contributed by atoms with E-state index in [1.54, 1.807) is 0 Å². The van der Waals surface area contributed by atoms with Crippen molar-refractivity contribution in [2.75, 3.05) is 26.2 Å². The van der Waals surface area contributed by atoms with Crippen molar-refractivity contribution >= 4 is 5.97 Å². The second-order valence-electron chi connectivity index (χ2n) is 4.65. The minimum Gasteiger partial charge on any atom is -0.481 e. The van der Waals surface area contributed by atoms with Crippen LogP contribution in [0.1, 0.15) is 33.6 Å². The monoisotopic (exact) mass is 243 g/mol. The summed E-state index contributed by atoms with van der Waals surface area (Å²) >= 11 is 0. The number of carboxylic acids is 1. The van der Waals surface area contributed by atoms with Crippen LogP contribution >= 0.6 is 0 Å². The van der Waals surface area contributed by atoms with Crippen molar-refractivity contribution in [3.8, 4) is 0 Å². The Bertz CT molecular complexity index is 239. The van der Waals surface area contributed by atoms with E-state index in [4.69, 9.17) is 9.84 Å². The highest BCUT2D eigenvalue weighted by Gasteiger charge is 2.07. The molecule has 100 valence electrons. The molecule has 0 heterocycles. The lowest BCUT2D eigenvalue weighted by Gasteiger charge is -2.21. The normalized spacial score (nSPS) is 11.1. The molecule has 0 spiro atoms. The third kappa shape index (κ3) is 11.4. The van der Waals surface area contributed by atoms with E-state index < -0.39 is 5.97 Å². The first-order valence-electron chi connectivity index (χ1n) is 6.12. The van der Waals surface area contributed by atoms with E-state index in [9.17, 15) is 4.79 Å². The SMILES string of the molecule is C=C(C)CN(CCCOC(C)C)CCC(=O)O. The van der Waals surface area contributed by atoms with Crippen molar-refractivity contribution in [1.82, 2.24) is 4.90 Å². The molecule has 0 bridgehead atoms. The summed E-state index contributed by atoms with van der Waals surface area (Å²) in [5, 5.41) is 8.67. The molecule has 0 aromatic carbocycles. The Hall–Kier alpha value is -0.870. The quantitative estimate of drug-likeness (QED) is 0.472. The highest BCUT2D eigenvalue weighted by atomic mass is 16.5. The van der Waals surface area contributed by atoms with Crippen LogP contribution in [0.2, 0.25) is 0 Å². The fourth-order valence-corrected chi connectivity index (χ4v) is 1.51. The van der Waals surface area contributed by atoms with Gasteiger partial charge in [0.05, 0.1) is 12.5 Å². The smallest absolute Gasteiger partial charge is 0.304 e. The van der Waals surface area contributed by atoms with Crippen molar-refractivity contribution in [2.45, 2.75) is 39.7 Å². The summed E-state index contributed by atoms with van der Waals surface area (Å²) in [5.41, 5.74) is 1.06. The molecular weight excluding hydrogens is 218 g/mol. The topological polar surface area (TPSA) is 49.8 Å². The molecule has 1 N–H and O–H groups in total. The zero-order chi connectivity index (χ0) is 13.3. The van der Waals surface area contributed by atoms with E-state index >= 15 is 0 Å². The van der Waals surface area contributed by atoms with E-state index in [0.29, 0.717) is 6.54 Å². The first-order valence-corrected chi connectivity index (χ1v) is 6.12. The van der Waals surface area contributed by atoms with Crippen LogP contribution in [0.5, 0.6) is 0 Å². The van der Waals surface area contributed by atoms with E-state index in [-0.39, 0.29) is 12.5 Å². The van der Waals surface area contributed by atoms with Gasteiger partial charge >= 0.3 is 5.97 Å². The third-order valence-corrected chi connectivity index (χ3v) is 2.21. The molecule has 0 radical (unpaired) electrons. The maximum atomic E-state index is 10.5. The molecule has 0 aromatic rings. The summed E-state index contributed by atoms with van der Waals surface area (Å²) in [6, 6.07) is 0. The van der Waals surface area contributed by atoms with Crippen molar-refractivity contribution in [1.29, 1.82) is 0 Å². The van der Waals surface area contributed by atoms with Gasteiger partial charge in [0.2, 0.25) is 0 Å². The van der Waals surface area contributed by atoms with Crippen LogP contribution in [0.4, 0.5) is 0 Å². The molecule has 17 heavy (non-hydrogen) atoms. The molecule has 0 aromatic heterocycles. The molecule has 0 aliphatic rings. The number of aliphatic carboxylic acids is 1. The number of ether oxygens (including phenoxy) is 1. The summed E-state index contributed by atoms with van der Waals surface area (Å²) in [6.07, 6.45) is 1.35. The average Bonchev–Trinajstić information content (AvgIpc) is 2.19. The van der Waals surface area contributed by atoms with Crippen LogP contribution in [0.15, 0.2) is 12.2 Å². The summed E-state index contributed by atoms with van der Waals surface area (Å²) in [6.45, 7) is 12.7. The highest BCUT2D eigenvalue weighted by molar-refractivity contribution is 5.66. The molecule has 0 amide bonds. The number of hydrogen-bond donors (Lipinski definition) is 1. The largest absolute Gasteiger partial charge is 0.481 e. The van der Waals surface area contributed by atoms with E-state index in [1.807, 2.05) is 20.8 Å². The summed E-state index contributed by atoms with van der Waals surface area (Å²) in [7, 11) is 0. The predicted molar refractivity (Wildman–Crippen MR) is 69.2 cm³/mol. The van der Waals surface area contributed by atoms with Crippen LogP contribution in [-0.4, -0.2) is 48.3 Å². The Labute approximate surface area is 104 Å². The Morgan fingerprint density at radius 2 is 2.06 bits per heavy atom. The predicted octanol–water partition coefficient (Wildman–Crippen LogP) is 2.15. The van der Waals surface area contributed by atoms with Gasteiger partial charge in [0, 0.05) is 26.2 Å². The number of carboxylic acid groups (broad SMARTS) is 1. The van der Waals surface area contributed by atoms with Crippen molar-refractivity contribution in [3.63, 3.8) is 0 Å². The summed E-state index contributed by atoms with van der Waals surface area (Å²) in [5.74, 6) is -0.754. The minimum absolute atomic E-state index is 0.179. The lowest BCUT2D eigenvalue weighted by molar-refractivity contribution is -0.137. The molecule has 0 saturated heterocycles. The molecular formula is C13H25NO3. The molecule has 0 aliphatic carbocycles. The lowest BCUT2D eigenvalue weighted by Crippen LogP contribution is -2.29. The van der Waals surface area contributed by atoms with Gasteiger partial charge in [-0.05, 0) is 27.2 Å². The van der Waals surface area contributed by atoms with E-state index in [1.165, 1.54) is 0 Å². The number of carbonyl (C=O) groups is 1. The average molecular weight is 243 g/mol. The second kappa shape index (κ2) is 9.19. The highest BCUT2D eigenvalue weighted by Crippen LogP contribution is 2.00. The number of hydrogen-bond acceptors (Lipinski definition) is 3. The molecule has 0 aliphatic heterocycles. The Kier molecular flexibility index (Phi) is 8.72. The van der Waals surface area contributed by atoms with Gasteiger partial charge in [-0.2, -0.15) is 0 Å². The molecule has 0 rings (SSSR count). The van der Waals surface area contributed by atoms with Crippen LogP contribution < -0.4 is 0 Å². The lowest BCUT2D eigenvalue weighted by atomic mass is 10.2. The molecule has 0 unspecified atom stereocenters. The maximum absolute atomic E-state index is 10.5. The Morgan fingerprint density at radius 1 is 1.41 bits per heavy atom. The summed E-state index contributed by atoms with van der Waals surface area (Å²) in [4.78, 5) is 12.6. The molecule has 0 atom stereocenters. The van der Waals surface area contributed by atoms with Gasteiger partial charge < -0.3 is 9.84 Å². The molecule has 4 heteroatoms. The van der Waals surface area contributed by atoms with Gasteiger partial charge in [0.1, 0.15) is 0 Å². The van der Waals surface area contributed by atoms with Gasteiger partial charge in [0.15, 0.2) is 0 Å². The maximum Gasteiger partial charge on any atom is 0.304 e. The summed E-state index contributed by atoms with van der Waals surface area (Å²) < 4.78 is 5.46. The van der Waals surface area contributed by atoms with Crippen molar-refractivity contribution < 1.29 is 14.6 Å². The van der Waals surface area contributed by atoms with Gasteiger partial charge in [0.25, 0.3) is 0 Å². The van der Waals surface area contributed by atoms with Crippen molar-refractivity contribution in [2.24, 2.45) is 0 Å². The van der Waals surface area contributed by atoms with Gasteiger partial charge in [-0.15, -0.1) is 0 Å². The van der Waals surface area contributed by atoms with Crippen LogP contribution in [0.3, 0.4) is 0 Å². The van der Waals surface area contributed by atoms with Gasteiger partial charge in [-0.1, -0.05) is 12.2 Å². The molecule has 4 nitrogen and oxygen atoms in total. The molecule has 0 fully saturated rings. The van der Waals surface area contributed by atoms with E-state index in [2.05, 4.69) is 11.5 Å². The number of rotatable bonds is 10. The van der Waals surface area contributed by atoms with E-state index in [0.717, 1.165) is 31.7 Å². The first kappa shape index (κ1) is 16.1. The van der Waals surface area contributed by atoms with Gasteiger partial charge in [-0.25, -0.2) is 0 Å². The van der Waals surface area contributed by atoms with Crippen LogP contribution in [-0.2, 0) is 9.53 Å².